The average Bonchev–Trinajstić information content (AvgIpc) is 2.99. The number of allylic oxidation sites excluding steroid dienone is 2. The highest BCUT2D eigenvalue weighted by Gasteiger charge is 2.34. The molecule has 0 spiro atoms. The molecule has 0 radical (unpaired) electrons. The lowest BCUT2D eigenvalue weighted by molar-refractivity contribution is 0.1000. The van der Waals surface area contributed by atoms with Crippen LogP contribution in [-0.2, 0) is 6.42 Å². The highest BCUT2D eigenvalue weighted by atomic mass is 16.2. The number of carbonyl (C=O) groups excluding carboxylic acids is 2. The summed E-state index contributed by atoms with van der Waals surface area (Å²) >= 11 is 0. The van der Waals surface area contributed by atoms with Crippen LogP contribution < -0.4 is 11.1 Å². The second-order valence-corrected chi connectivity index (χ2v) is 6.41. The molecule has 3 N–H and O–H groups in total. The Balaban J connectivity index is 1.46. The molecule has 1 saturated heterocycles. The number of likely N-dealkylation sites (tertiary alicyclic amines) is 1. The van der Waals surface area contributed by atoms with Crippen molar-refractivity contribution in [3.63, 3.8) is 0 Å². The summed E-state index contributed by atoms with van der Waals surface area (Å²) in [7, 11) is 0. The van der Waals surface area contributed by atoms with E-state index in [1.54, 1.807) is 12.1 Å². The summed E-state index contributed by atoms with van der Waals surface area (Å²) in [5.74, 6) is 0.820. The summed E-state index contributed by atoms with van der Waals surface area (Å²) in [5, 5.41) is 2.98. The number of hydrogen-bond donors (Lipinski definition) is 2. The van der Waals surface area contributed by atoms with E-state index in [0.29, 0.717) is 30.4 Å². The number of rotatable bonds is 4. The molecule has 1 aromatic rings. The molecule has 122 valence electrons. The number of carbonyl (C=O) groups is 2. The molecule has 1 aliphatic carbocycles. The van der Waals surface area contributed by atoms with Crippen LogP contribution in [0, 0.1) is 11.8 Å². The summed E-state index contributed by atoms with van der Waals surface area (Å²) in [6.07, 6.45) is 7.33. The van der Waals surface area contributed by atoms with Crippen LogP contribution in [0.25, 0.3) is 0 Å². The third kappa shape index (κ3) is 3.73. The van der Waals surface area contributed by atoms with Crippen molar-refractivity contribution in [1.29, 1.82) is 0 Å². The lowest BCUT2D eigenvalue weighted by Crippen LogP contribution is -2.39. The van der Waals surface area contributed by atoms with Crippen LogP contribution in [0.4, 0.5) is 4.79 Å². The maximum absolute atomic E-state index is 12.3. The Morgan fingerprint density at radius 1 is 1.17 bits per heavy atom. The smallest absolute Gasteiger partial charge is 0.317 e. The molecule has 3 amide bonds. The van der Waals surface area contributed by atoms with E-state index >= 15 is 0 Å². The first-order chi connectivity index (χ1) is 11.1. The largest absolute Gasteiger partial charge is 0.366 e. The van der Waals surface area contributed by atoms with Gasteiger partial charge in [-0.1, -0.05) is 24.3 Å². The molecule has 2 aliphatic rings. The van der Waals surface area contributed by atoms with Crippen molar-refractivity contribution in [2.75, 3.05) is 19.6 Å². The van der Waals surface area contributed by atoms with Crippen molar-refractivity contribution in [2.45, 2.75) is 19.3 Å². The number of nitrogens with zero attached hydrogens (tertiary/aromatic N) is 1. The lowest BCUT2D eigenvalue weighted by Gasteiger charge is -2.17. The number of nitrogens with one attached hydrogen (secondary N) is 1. The van der Waals surface area contributed by atoms with Gasteiger partial charge in [-0.05, 0) is 48.8 Å². The van der Waals surface area contributed by atoms with Crippen LogP contribution in [0.1, 0.15) is 28.8 Å². The fourth-order valence-electron chi connectivity index (χ4n) is 3.49. The highest BCUT2D eigenvalue weighted by Crippen LogP contribution is 2.32. The monoisotopic (exact) mass is 313 g/mol. The zero-order valence-electron chi connectivity index (χ0n) is 13.2. The molecule has 1 aliphatic heterocycles. The molecule has 0 aromatic heterocycles. The zero-order chi connectivity index (χ0) is 16.2. The van der Waals surface area contributed by atoms with Gasteiger partial charge in [-0.15, -0.1) is 0 Å². The number of nitrogens with two attached hydrogens (primary N) is 1. The molecule has 23 heavy (non-hydrogen) atoms. The molecule has 5 nitrogen and oxygen atoms in total. The zero-order valence-corrected chi connectivity index (χ0v) is 13.2. The van der Waals surface area contributed by atoms with Crippen LogP contribution in [0.15, 0.2) is 36.4 Å². The minimum Gasteiger partial charge on any atom is -0.366 e. The predicted octanol–water partition coefficient (Wildman–Crippen LogP) is 1.94. The van der Waals surface area contributed by atoms with Gasteiger partial charge >= 0.3 is 6.03 Å². The summed E-state index contributed by atoms with van der Waals surface area (Å²) < 4.78 is 0. The van der Waals surface area contributed by atoms with Gasteiger partial charge in [0, 0.05) is 25.2 Å². The SMILES string of the molecule is NC(=O)c1cccc(CCNC(=O)N2C[C@H]3CC=CC[C@@H]3C2)c1. The summed E-state index contributed by atoms with van der Waals surface area (Å²) in [5.41, 5.74) is 6.78. The van der Waals surface area contributed by atoms with Gasteiger partial charge in [-0.2, -0.15) is 0 Å². The molecular formula is C18H23N3O2. The van der Waals surface area contributed by atoms with Gasteiger partial charge < -0.3 is 16.0 Å². The van der Waals surface area contributed by atoms with Crippen molar-refractivity contribution in [3.8, 4) is 0 Å². The van der Waals surface area contributed by atoms with Gasteiger partial charge in [0.15, 0.2) is 0 Å². The molecule has 1 heterocycles. The van der Waals surface area contributed by atoms with E-state index in [9.17, 15) is 9.59 Å². The number of primary amides is 1. The van der Waals surface area contributed by atoms with E-state index in [2.05, 4.69) is 17.5 Å². The fourth-order valence-corrected chi connectivity index (χ4v) is 3.49. The van der Waals surface area contributed by atoms with Crippen LogP contribution in [-0.4, -0.2) is 36.5 Å². The van der Waals surface area contributed by atoms with E-state index in [1.165, 1.54) is 0 Å². The Morgan fingerprint density at radius 2 is 1.87 bits per heavy atom. The lowest BCUT2D eigenvalue weighted by atomic mass is 9.86. The normalized spacial score (nSPS) is 22.7. The second-order valence-electron chi connectivity index (χ2n) is 6.41. The van der Waals surface area contributed by atoms with Gasteiger partial charge in [-0.3, -0.25) is 4.79 Å². The van der Waals surface area contributed by atoms with Crippen LogP contribution >= 0.6 is 0 Å². The van der Waals surface area contributed by atoms with Gasteiger partial charge in [-0.25, -0.2) is 4.79 Å². The number of hydrogen-bond acceptors (Lipinski definition) is 2. The van der Waals surface area contributed by atoms with Crippen LogP contribution in [0.3, 0.4) is 0 Å². The van der Waals surface area contributed by atoms with Gasteiger partial charge in [0.05, 0.1) is 0 Å². The average molecular weight is 313 g/mol. The molecule has 5 heteroatoms. The third-order valence-corrected chi connectivity index (χ3v) is 4.81. The minimum atomic E-state index is -0.427. The Hall–Kier alpha value is -2.30. The van der Waals surface area contributed by atoms with Crippen LogP contribution in [0.2, 0.25) is 0 Å². The van der Waals surface area contributed by atoms with Crippen molar-refractivity contribution >= 4 is 11.9 Å². The first-order valence-electron chi connectivity index (χ1n) is 8.20. The third-order valence-electron chi connectivity index (χ3n) is 4.81. The van der Waals surface area contributed by atoms with Gasteiger partial charge in [0.25, 0.3) is 0 Å². The van der Waals surface area contributed by atoms with Crippen LogP contribution in [0.5, 0.6) is 0 Å². The molecule has 0 saturated carbocycles. The standard InChI is InChI=1S/C18H23N3O2/c19-17(22)14-7-3-4-13(10-14)8-9-20-18(23)21-11-15-5-1-2-6-16(15)12-21/h1-4,7,10,15-16H,5-6,8-9,11-12H2,(H2,19,22)(H,20,23)/t15-,16-/m1/s1. The van der Waals surface area contributed by atoms with Crippen molar-refractivity contribution in [1.82, 2.24) is 10.2 Å². The Labute approximate surface area is 136 Å². The van der Waals surface area contributed by atoms with Crippen molar-refractivity contribution in [2.24, 2.45) is 17.6 Å². The first kappa shape index (κ1) is 15.6. The van der Waals surface area contributed by atoms with Crippen molar-refractivity contribution < 1.29 is 9.59 Å². The molecule has 0 bridgehead atoms. The van der Waals surface area contributed by atoms with E-state index in [-0.39, 0.29) is 6.03 Å². The summed E-state index contributed by atoms with van der Waals surface area (Å²) in [6, 6.07) is 7.25. The summed E-state index contributed by atoms with van der Waals surface area (Å²) in [6.45, 7) is 2.28. The van der Waals surface area contributed by atoms with E-state index in [4.69, 9.17) is 5.73 Å². The van der Waals surface area contributed by atoms with E-state index in [1.807, 2.05) is 17.0 Å². The fraction of sp³-hybridized carbons (Fsp3) is 0.444. The first-order valence-corrected chi connectivity index (χ1v) is 8.20. The minimum absolute atomic E-state index is 0.0189. The Bertz CT molecular complexity index is 610. The van der Waals surface area contributed by atoms with Crippen molar-refractivity contribution in [3.05, 3.63) is 47.5 Å². The molecule has 0 unspecified atom stereocenters. The number of urea groups is 1. The number of amides is 3. The Kier molecular flexibility index (Phi) is 4.65. The molecule has 1 aromatic carbocycles. The highest BCUT2D eigenvalue weighted by molar-refractivity contribution is 5.92. The maximum Gasteiger partial charge on any atom is 0.317 e. The topological polar surface area (TPSA) is 75.4 Å². The van der Waals surface area contributed by atoms with E-state index < -0.39 is 5.91 Å². The number of fused-ring (bicyclic) bond motifs is 1. The molecule has 1 fully saturated rings. The predicted molar refractivity (Wildman–Crippen MR) is 89.0 cm³/mol. The Morgan fingerprint density at radius 3 is 2.52 bits per heavy atom. The molecular weight excluding hydrogens is 290 g/mol. The second kappa shape index (κ2) is 6.86. The maximum atomic E-state index is 12.3. The molecule has 3 rings (SSSR count). The van der Waals surface area contributed by atoms with Gasteiger partial charge in [0.1, 0.15) is 0 Å². The number of benzene rings is 1. The summed E-state index contributed by atoms with van der Waals surface area (Å²) in [4.78, 5) is 25.4. The molecule has 2 atom stereocenters. The van der Waals surface area contributed by atoms with Gasteiger partial charge in [0.2, 0.25) is 5.91 Å². The van der Waals surface area contributed by atoms with E-state index in [0.717, 1.165) is 31.5 Å². The quantitative estimate of drug-likeness (QED) is 0.834.